The van der Waals surface area contributed by atoms with E-state index in [0.717, 1.165) is 16.7 Å². The van der Waals surface area contributed by atoms with Crippen molar-refractivity contribution in [2.24, 2.45) is 5.92 Å². The molecule has 4 nitrogen and oxygen atoms in total. The molecular formula is C16H18N4. The first-order valence-electron chi connectivity index (χ1n) is 6.57. The molecule has 0 amide bonds. The second-order valence-corrected chi connectivity index (χ2v) is 5.38. The quantitative estimate of drug-likeness (QED) is 0.925. The van der Waals surface area contributed by atoms with Gasteiger partial charge >= 0.3 is 0 Å². The normalized spacial score (nSPS) is 13.8. The van der Waals surface area contributed by atoms with E-state index in [-0.39, 0.29) is 11.9 Å². The second-order valence-electron chi connectivity index (χ2n) is 5.38. The van der Waals surface area contributed by atoms with Gasteiger partial charge in [-0.2, -0.15) is 5.26 Å². The minimum absolute atomic E-state index is 0.248. The van der Waals surface area contributed by atoms with Gasteiger partial charge in [0.2, 0.25) is 5.95 Å². The second kappa shape index (κ2) is 5.30. The van der Waals surface area contributed by atoms with Crippen LogP contribution in [0.3, 0.4) is 0 Å². The summed E-state index contributed by atoms with van der Waals surface area (Å²) in [7, 11) is 0. The van der Waals surface area contributed by atoms with Crippen LogP contribution in [0.2, 0.25) is 0 Å². The Kier molecular flexibility index (Phi) is 3.71. The van der Waals surface area contributed by atoms with E-state index < -0.39 is 5.41 Å². The largest absolute Gasteiger partial charge is 0.368 e. The highest BCUT2D eigenvalue weighted by Crippen LogP contribution is 2.32. The van der Waals surface area contributed by atoms with E-state index >= 15 is 0 Å². The Morgan fingerprint density at radius 2 is 1.65 bits per heavy atom. The summed E-state index contributed by atoms with van der Waals surface area (Å²) in [6, 6.07) is 10.4. The average molecular weight is 266 g/mol. The van der Waals surface area contributed by atoms with Gasteiger partial charge in [0, 0.05) is 18.0 Å². The molecule has 2 rings (SSSR count). The summed E-state index contributed by atoms with van der Waals surface area (Å²) in [6.45, 7) is 6.09. The van der Waals surface area contributed by atoms with Crippen molar-refractivity contribution < 1.29 is 0 Å². The molecular weight excluding hydrogens is 248 g/mol. The van der Waals surface area contributed by atoms with Gasteiger partial charge in [0.05, 0.1) is 11.5 Å². The highest BCUT2D eigenvalue weighted by molar-refractivity contribution is 5.62. The van der Waals surface area contributed by atoms with E-state index in [0.29, 0.717) is 0 Å². The first kappa shape index (κ1) is 14.0. The van der Waals surface area contributed by atoms with Crippen molar-refractivity contribution in [3.8, 4) is 17.2 Å². The smallest absolute Gasteiger partial charge is 0.219 e. The number of nitriles is 1. The number of benzene rings is 1. The van der Waals surface area contributed by atoms with Crippen molar-refractivity contribution in [3.63, 3.8) is 0 Å². The predicted octanol–water partition coefficient (Wildman–Crippen LogP) is 3.16. The third kappa shape index (κ3) is 2.48. The molecule has 0 saturated carbocycles. The maximum Gasteiger partial charge on any atom is 0.219 e. The van der Waals surface area contributed by atoms with Crippen LogP contribution < -0.4 is 5.73 Å². The molecule has 2 N–H and O–H groups in total. The lowest BCUT2D eigenvalue weighted by atomic mass is 9.74. The molecule has 0 spiro atoms. The summed E-state index contributed by atoms with van der Waals surface area (Å²) in [6.07, 6.45) is 3.40. The Morgan fingerprint density at radius 1 is 1.10 bits per heavy atom. The molecule has 20 heavy (non-hydrogen) atoms. The number of rotatable bonds is 3. The fourth-order valence-electron chi connectivity index (χ4n) is 2.02. The molecule has 1 aromatic heterocycles. The highest BCUT2D eigenvalue weighted by atomic mass is 15.0. The first-order chi connectivity index (χ1) is 9.47. The summed E-state index contributed by atoms with van der Waals surface area (Å²) in [5.74, 6) is 0.514. The van der Waals surface area contributed by atoms with Gasteiger partial charge in [0.15, 0.2) is 0 Å². The van der Waals surface area contributed by atoms with Crippen molar-refractivity contribution in [1.82, 2.24) is 9.97 Å². The fourth-order valence-corrected chi connectivity index (χ4v) is 2.02. The summed E-state index contributed by atoms with van der Waals surface area (Å²) in [5, 5.41) is 9.44. The number of nitrogens with two attached hydrogens (primary N) is 1. The van der Waals surface area contributed by atoms with Crippen molar-refractivity contribution in [3.05, 3.63) is 42.2 Å². The molecule has 0 saturated heterocycles. The number of nitrogen functional groups attached to an aromatic ring is 1. The number of anilines is 1. The van der Waals surface area contributed by atoms with Gasteiger partial charge in [-0.3, -0.25) is 0 Å². The third-order valence-corrected chi connectivity index (χ3v) is 3.88. The molecule has 102 valence electrons. The summed E-state index contributed by atoms with van der Waals surface area (Å²) < 4.78 is 0. The van der Waals surface area contributed by atoms with E-state index in [1.807, 2.05) is 31.2 Å². The van der Waals surface area contributed by atoms with Crippen molar-refractivity contribution in [2.75, 3.05) is 5.73 Å². The van der Waals surface area contributed by atoms with Gasteiger partial charge in [-0.15, -0.1) is 0 Å². The molecule has 1 aromatic carbocycles. The molecule has 1 heterocycles. The lowest BCUT2D eigenvalue weighted by Gasteiger charge is -2.26. The first-order valence-corrected chi connectivity index (χ1v) is 6.57. The van der Waals surface area contributed by atoms with Crippen molar-refractivity contribution >= 4 is 5.95 Å². The summed E-state index contributed by atoms with van der Waals surface area (Å²) >= 11 is 0. The number of aromatic nitrogens is 2. The van der Waals surface area contributed by atoms with Gasteiger partial charge in [0.1, 0.15) is 0 Å². The predicted molar refractivity (Wildman–Crippen MR) is 79.7 cm³/mol. The monoisotopic (exact) mass is 266 g/mol. The molecule has 0 bridgehead atoms. The number of hydrogen-bond donors (Lipinski definition) is 1. The van der Waals surface area contributed by atoms with E-state index in [4.69, 9.17) is 5.73 Å². The van der Waals surface area contributed by atoms with Gasteiger partial charge in [-0.1, -0.05) is 38.1 Å². The fraction of sp³-hybridized carbons (Fsp3) is 0.312. The lowest BCUT2D eigenvalue weighted by Crippen LogP contribution is -2.26. The van der Waals surface area contributed by atoms with Crippen LogP contribution in [-0.2, 0) is 5.41 Å². The van der Waals surface area contributed by atoms with Crippen LogP contribution in [-0.4, -0.2) is 9.97 Å². The van der Waals surface area contributed by atoms with Crippen LogP contribution in [0.15, 0.2) is 36.7 Å². The van der Waals surface area contributed by atoms with Crippen molar-refractivity contribution in [1.29, 1.82) is 5.26 Å². The minimum Gasteiger partial charge on any atom is -0.368 e. The number of hydrogen-bond acceptors (Lipinski definition) is 4. The Hall–Kier alpha value is -2.41. The maximum atomic E-state index is 9.44. The molecule has 2 aromatic rings. The van der Waals surface area contributed by atoms with Crippen LogP contribution in [0, 0.1) is 17.2 Å². The van der Waals surface area contributed by atoms with Crippen LogP contribution in [0.1, 0.15) is 26.3 Å². The summed E-state index contributed by atoms with van der Waals surface area (Å²) in [5.41, 5.74) is 7.95. The summed E-state index contributed by atoms with van der Waals surface area (Å²) in [4.78, 5) is 7.97. The minimum atomic E-state index is -0.476. The van der Waals surface area contributed by atoms with Crippen LogP contribution >= 0.6 is 0 Å². The molecule has 0 aliphatic heterocycles. The molecule has 4 heteroatoms. The topological polar surface area (TPSA) is 75.6 Å². The van der Waals surface area contributed by atoms with Gasteiger partial charge in [-0.05, 0) is 24.0 Å². The Balaban J connectivity index is 2.36. The highest BCUT2D eigenvalue weighted by Gasteiger charge is 2.30. The third-order valence-electron chi connectivity index (χ3n) is 3.88. The molecule has 0 aliphatic rings. The zero-order valence-corrected chi connectivity index (χ0v) is 12.0. The van der Waals surface area contributed by atoms with Gasteiger partial charge < -0.3 is 5.73 Å². The maximum absolute atomic E-state index is 9.44. The van der Waals surface area contributed by atoms with E-state index in [9.17, 15) is 5.26 Å². The van der Waals surface area contributed by atoms with Crippen LogP contribution in [0.5, 0.6) is 0 Å². The van der Waals surface area contributed by atoms with Gasteiger partial charge in [0.25, 0.3) is 0 Å². The molecule has 0 fully saturated rings. The van der Waals surface area contributed by atoms with Crippen LogP contribution in [0.25, 0.3) is 11.1 Å². The van der Waals surface area contributed by atoms with Gasteiger partial charge in [-0.25, -0.2) is 9.97 Å². The molecule has 0 unspecified atom stereocenters. The Labute approximate surface area is 119 Å². The molecule has 0 radical (unpaired) electrons. The molecule has 1 atom stereocenters. The lowest BCUT2D eigenvalue weighted by molar-refractivity contribution is 0.431. The zero-order chi connectivity index (χ0) is 14.8. The van der Waals surface area contributed by atoms with Crippen LogP contribution in [0.4, 0.5) is 5.95 Å². The van der Waals surface area contributed by atoms with E-state index in [2.05, 4.69) is 29.9 Å². The molecule has 0 aliphatic carbocycles. The van der Waals surface area contributed by atoms with E-state index in [1.54, 1.807) is 12.4 Å². The number of nitrogens with zero attached hydrogens (tertiary/aromatic N) is 3. The SMILES string of the molecule is CC(C)[C@](C)(C#N)c1ccc(-c2cnc(N)nc2)cc1. The Bertz CT molecular complexity index is 623. The van der Waals surface area contributed by atoms with E-state index in [1.165, 1.54) is 0 Å². The zero-order valence-electron chi connectivity index (χ0n) is 12.0. The average Bonchev–Trinajstić information content (AvgIpc) is 2.47. The van der Waals surface area contributed by atoms with Crippen molar-refractivity contribution in [2.45, 2.75) is 26.2 Å². The standard InChI is InChI=1S/C16H18N4/c1-11(2)16(3,10-17)14-6-4-12(5-7-14)13-8-19-15(18)20-9-13/h4-9,11H,1-3H3,(H2,18,19,20)/t16-/m0/s1. The Morgan fingerprint density at radius 3 is 2.10 bits per heavy atom.